The molecular formula is C47H35F4N5O11S3. The third-order valence-corrected chi connectivity index (χ3v) is 14.2. The van der Waals surface area contributed by atoms with Gasteiger partial charge in [-0.2, -0.15) is 0 Å². The molecule has 0 radical (unpaired) electrons. The molecule has 0 bridgehead atoms. The zero-order valence-corrected chi connectivity index (χ0v) is 39.1. The third-order valence-electron chi connectivity index (χ3n) is 9.91. The Morgan fingerprint density at radius 1 is 0.543 bits per heavy atom. The lowest BCUT2D eigenvalue weighted by Crippen LogP contribution is -2.14. The van der Waals surface area contributed by atoms with Crippen LogP contribution in [0.15, 0.2) is 142 Å². The average molecular weight is 1020 g/mol. The molecular weight excluding hydrogens is 983 g/mol. The molecule has 0 fully saturated rings. The van der Waals surface area contributed by atoms with E-state index in [1.165, 1.54) is 71.5 Å². The number of fused-ring (bicyclic) bond motifs is 2. The summed E-state index contributed by atoms with van der Waals surface area (Å²) in [7, 11) is -2.46. The van der Waals surface area contributed by atoms with Gasteiger partial charge in [0.05, 0.1) is 66.8 Å². The number of halogens is 4. The van der Waals surface area contributed by atoms with Crippen molar-refractivity contribution < 1.29 is 67.2 Å². The molecule has 360 valence electrons. The molecule has 16 nitrogen and oxygen atoms in total. The van der Waals surface area contributed by atoms with Crippen molar-refractivity contribution in [1.82, 2.24) is 15.0 Å². The van der Waals surface area contributed by atoms with Gasteiger partial charge in [-0.3, -0.25) is 19.4 Å². The van der Waals surface area contributed by atoms with Gasteiger partial charge in [-0.25, -0.2) is 39.4 Å². The normalized spacial score (nSPS) is 11.4. The predicted octanol–water partition coefficient (Wildman–Crippen LogP) is 11.0. The maximum absolute atomic E-state index is 14.9. The molecule has 9 rings (SSSR count). The predicted molar refractivity (Wildman–Crippen MR) is 250 cm³/mol. The monoisotopic (exact) mass is 1020 g/mol. The van der Waals surface area contributed by atoms with Gasteiger partial charge in [-0.05, 0) is 72.8 Å². The summed E-state index contributed by atoms with van der Waals surface area (Å²) in [5, 5.41) is 1.19. The average Bonchev–Trinajstić information content (AvgIpc) is 4.07. The molecule has 0 saturated heterocycles. The summed E-state index contributed by atoms with van der Waals surface area (Å²) in [6, 6.07) is 22.0. The minimum Gasteiger partial charge on any atom is -0.493 e. The van der Waals surface area contributed by atoms with Crippen molar-refractivity contribution in [2.24, 2.45) is 0 Å². The Balaban J connectivity index is 0.000000189. The van der Waals surface area contributed by atoms with Gasteiger partial charge in [0, 0.05) is 53.5 Å². The zero-order valence-electron chi connectivity index (χ0n) is 36.7. The molecule has 4 heterocycles. The fourth-order valence-corrected chi connectivity index (χ4v) is 10.1. The SMILES string of the molecule is COc1cc2nccc(Oc3ccc(NS(=O)(=O)c4cc(F)cc(F)c4)c(F)c3)c2cc1OC.COc1cc2nccc(Oc3ccc(NS(=O)(=O)c4ccc(-c5cnco5)s4)c(F)c3)c2cc1OC. The highest BCUT2D eigenvalue weighted by Gasteiger charge is 2.22. The molecule has 9 aromatic rings. The summed E-state index contributed by atoms with van der Waals surface area (Å²) in [5.74, 6) is -0.591. The number of nitrogens with zero attached hydrogens (tertiary/aromatic N) is 3. The lowest BCUT2D eigenvalue weighted by Gasteiger charge is -2.13. The summed E-state index contributed by atoms with van der Waals surface area (Å²) < 4.78 is 149. The quantitative estimate of drug-likeness (QED) is 0.0919. The van der Waals surface area contributed by atoms with Crippen LogP contribution in [0, 0.1) is 23.3 Å². The molecule has 0 saturated carbocycles. The van der Waals surface area contributed by atoms with Gasteiger partial charge >= 0.3 is 0 Å². The van der Waals surface area contributed by atoms with E-state index >= 15 is 0 Å². The molecule has 0 spiro atoms. The van der Waals surface area contributed by atoms with Crippen molar-refractivity contribution in [2.45, 2.75) is 9.10 Å². The highest BCUT2D eigenvalue weighted by Crippen LogP contribution is 2.40. The number of rotatable bonds is 15. The first-order valence-electron chi connectivity index (χ1n) is 20.0. The van der Waals surface area contributed by atoms with Crippen LogP contribution in [0.4, 0.5) is 28.9 Å². The van der Waals surface area contributed by atoms with Crippen LogP contribution >= 0.6 is 11.3 Å². The van der Waals surface area contributed by atoms with E-state index in [9.17, 15) is 34.4 Å². The van der Waals surface area contributed by atoms with Crippen LogP contribution in [-0.2, 0) is 20.0 Å². The number of methoxy groups -OCH3 is 4. The minimum absolute atomic E-state index is 0.00116. The number of benzene rings is 5. The van der Waals surface area contributed by atoms with E-state index in [1.54, 1.807) is 48.7 Å². The maximum Gasteiger partial charge on any atom is 0.271 e. The van der Waals surface area contributed by atoms with Crippen LogP contribution in [0.5, 0.6) is 46.0 Å². The minimum atomic E-state index is -4.44. The highest BCUT2D eigenvalue weighted by molar-refractivity contribution is 7.94. The first-order chi connectivity index (χ1) is 33.6. The van der Waals surface area contributed by atoms with Crippen molar-refractivity contribution in [3.05, 3.63) is 151 Å². The van der Waals surface area contributed by atoms with Crippen molar-refractivity contribution in [3.63, 3.8) is 0 Å². The number of thiophene rings is 1. The number of ether oxygens (including phenoxy) is 6. The molecule has 0 atom stereocenters. The van der Waals surface area contributed by atoms with Crippen LogP contribution < -0.4 is 37.9 Å². The number of nitrogens with one attached hydrogen (secondary N) is 2. The number of anilines is 2. The molecule has 2 N–H and O–H groups in total. The van der Waals surface area contributed by atoms with Crippen LogP contribution in [0.1, 0.15) is 0 Å². The summed E-state index contributed by atoms with van der Waals surface area (Å²) in [5.41, 5.74) is 0.490. The van der Waals surface area contributed by atoms with Gasteiger partial charge in [0.15, 0.2) is 46.8 Å². The molecule has 23 heteroatoms. The molecule has 0 aliphatic rings. The van der Waals surface area contributed by atoms with E-state index in [2.05, 4.69) is 19.7 Å². The van der Waals surface area contributed by atoms with E-state index in [4.69, 9.17) is 32.8 Å². The largest absolute Gasteiger partial charge is 0.493 e. The van der Waals surface area contributed by atoms with Gasteiger partial charge < -0.3 is 32.8 Å². The van der Waals surface area contributed by atoms with Gasteiger partial charge in [0.1, 0.15) is 38.8 Å². The van der Waals surface area contributed by atoms with Crippen molar-refractivity contribution in [1.29, 1.82) is 0 Å². The summed E-state index contributed by atoms with van der Waals surface area (Å²) in [6.45, 7) is 0. The first-order valence-corrected chi connectivity index (χ1v) is 23.8. The maximum atomic E-state index is 14.9. The molecule has 70 heavy (non-hydrogen) atoms. The van der Waals surface area contributed by atoms with Gasteiger partial charge in [-0.1, -0.05) is 0 Å². The topological polar surface area (TPSA) is 200 Å². The number of hydrogen-bond donors (Lipinski definition) is 2. The molecule has 0 aliphatic carbocycles. The highest BCUT2D eigenvalue weighted by atomic mass is 32.2. The lowest BCUT2D eigenvalue weighted by molar-refractivity contribution is 0.355. The molecule has 0 unspecified atom stereocenters. The van der Waals surface area contributed by atoms with Crippen molar-refractivity contribution in [2.75, 3.05) is 37.9 Å². The van der Waals surface area contributed by atoms with Crippen LogP contribution in [0.2, 0.25) is 0 Å². The Bertz CT molecular complexity index is 3600. The van der Waals surface area contributed by atoms with Gasteiger partial charge in [0.2, 0.25) is 0 Å². The second-order valence-corrected chi connectivity index (χ2v) is 19.0. The Labute approximate surface area is 400 Å². The van der Waals surface area contributed by atoms with Crippen LogP contribution in [0.25, 0.3) is 32.4 Å². The van der Waals surface area contributed by atoms with E-state index in [0.29, 0.717) is 85.1 Å². The number of oxazole rings is 1. The molecule has 0 aliphatic heterocycles. The lowest BCUT2D eigenvalue weighted by atomic mass is 10.2. The third kappa shape index (κ3) is 10.6. The molecule has 5 aromatic carbocycles. The van der Waals surface area contributed by atoms with E-state index < -0.39 is 53.9 Å². The standard InChI is InChI=1S/C24H18FN3O6S2.C23H17F3N2O5S/c1-31-20-10-15-18(11-21(20)32-2)27-8-7-19(15)34-14-3-4-17(16(25)9-14)28-36(29,30)24-6-5-23(35-24)22-12-26-13-33-22;1-31-22-11-17-20(12-23(22)32-2)27-6-5-21(17)33-15-3-4-19(18(26)10-15)28-34(29,30)16-8-13(24)7-14(25)9-16/h3-13,28H,1-2H3;3-12,28H,1-2H3. The van der Waals surface area contributed by atoms with Crippen molar-refractivity contribution in [3.8, 4) is 56.6 Å². The second-order valence-electron chi connectivity index (χ2n) is 14.4. The number of aromatic nitrogens is 3. The number of sulfonamides is 2. The molecule has 4 aromatic heterocycles. The van der Waals surface area contributed by atoms with Gasteiger partial charge in [0.25, 0.3) is 20.0 Å². The van der Waals surface area contributed by atoms with Crippen LogP contribution in [0.3, 0.4) is 0 Å². The zero-order chi connectivity index (χ0) is 49.7. The first kappa shape index (κ1) is 48.3. The number of hydrogen-bond acceptors (Lipinski definition) is 15. The van der Waals surface area contributed by atoms with Gasteiger partial charge in [-0.15, -0.1) is 11.3 Å². The summed E-state index contributed by atoms with van der Waals surface area (Å²) in [4.78, 5) is 12.3. The van der Waals surface area contributed by atoms with Crippen molar-refractivity contribution >= 4 is 64.6 Å². The smallest absolute Gasteiger partial charge is 0.271 e. The van der Waals surface area contributed by atoms with E-state index in [0.717, 1.165) is 29.5 Å². The molecule has 0 amide bonds. The fraction of sp³-hybridized carbons (Fsp3) is 0.0851. The van der Waals surface area contributed by atoms with E-state index in [1.807, 2.05) is 4.72 Å². The summed E-state index contributed by atoms with van der Waals surface area (Å²) >= 11 is 0.978. The summed E-state index contributed by atoms with van der Waals surface area (Å²) in [6.07, 6.45) is 5.78. The number of pyridine rings is 2. The Kier molecular flexibility index (Phi) is 13.9. The van der Waals surface area contributed by atoms with E-state index in [-0.39, 0.29) is 21.4 Å². The fourth-order valence-electron chi connectivity index (χ4n) is 6.63. The second kappa shape index (κ2) is 20.2. The Morgan fingerprint density at radius 2 is 1.03 bits per heavy atom. The Morgan fingerprint density at radius 3 is 1.49 bits per heavy atom. The van der Waals surface area contributed by atoms with Crippen LogP contribution in [-0.4, -0.2) is 60.2 Å². The Hall–Kier alpha value is -8.15.